The number of nitrogens with one attached hydrogen (secondary N) is 2. The molecular weight excluding hydrogens is 288 g/mol. The molecule has 0 fully saturated rings. The summed E-state index contributed by atoms with van der Waals surface area (Å²) in [4.78, 5) is 20.2. The maximum Gasteiger partial charge on any atom is 0.319 e. The Bertz CT molecular complexity index is 775. The summed E-state index contributed by atoms with van der Waals surface area (Å²) >= 11 is 0. The van der Waals surface area contributed by atoms with Crippen LogP contribution in [0.15, 0.2) is 73.2 Å². The second kappa shape index (κ2) is 7.17. The predicted molar refractivity (Wildman–Crippen MR) is 89.8 cm³/mol. The van der Waals surface area contributed by atoms with Crippen molar-refractivity contribution < 1.29 is 4.79 Å². The van der Waals surface area contributed by atoms with Crippen LogP contribution in [0.4, 0.5) is 10.5 Å². The zero-order valence-electron chi connectivity index (χ0n) is 12.4. The van der Waals surface area contributed by atoms with E-state index in [0.29, 0.717) is 6.54 Å². The molecule has 0 saturated carbocycles. The molecule has 0 spiro atoms. The molecule has 0 aliphatic carbocycles. The highest BCUT2D eigenvalue weighted by Gasteiger charge is 2.03. The van der Waals surface area contributed by atoms with Crippen molar-refractivity contribution in [2.24, 2.45) is 0 Å². The highest BCUT2D eigenvalue weighted by molar-refractivity contribution is 5.89. The lowest BCUT2D eigenvalue weighted by atomic mass is 10.1. The monoisotopic (exact) mass is 304 g/mol. The number of hydrogen-bond donors (Lipinski definition) is 2. The first kappa shape index (κ1) is 14.7. The minimum atomic E-state index is -0.238. The molecule has 2 heterocycles. The van der Waals surface area contributed by atoms with Crippen molar-refractivity contribution >= 4 is 11.7 Å². The predicted octanol–water partition coefficient (Wildman–Crippen LogP) is 3.47. The molecule has 5 nitrogen and oxygen atoms in total. The quantitative estimate of drug-likeness (QED) is 0.775. The number of carbonyl (C=O) groups is 1. The molecule has 0 bridgehead atoms. The van der Waals surface area contributed by atoms with Crippen LogP contribution in [0.1, 0.15) is 5.56 Å². The van der Waals surface area contributed by atoms with Crippen molar-refractivity contribution in [2.75, 3.05) is 5.32 Å². The number of pyridine rings is 2. The highest BCUT2D eigenvalue weighted by atomic mass is 16.2. The Morgan fingerprint density at radius 2 is 1.74 bits per heavy atom. The van der Waals surface area contributed by atoms with Gasteiger partial charge in [0.2, 0.25) is 0 Å². The van der Waals surface area contributed by atoms with Crippen molar-refractivity contribution in [3.63, 3.8) is 0 Å². The van der Waals surface area contributed by atoms with Gasteiger partial charge >= 0.3 is 6.03 Å². The molecule has 0 saturated heterocycles. The maximum absolute atomic E-state index is 11.9. The SMILES string of the molecule is O=C(NCc1ccnc(-c2ccncc2)c1)Nc1ccccc1. The van der Waals surface area contributed by atoms with Crippen molar-refractivity contribution in [3.8, 4) is 11.3 Å². The minimum absolute atomic E-state index is 0.238. The zero-order chi connectivity index (χ0) is 15.9. The van der Waals surface area contributed by atoms with Gasteiger partial charge in [-0.1, -0.05) is 18.2 Å². The van der Waals surface area contributed by atoms with Crippen LogP contribution in [0.5, 0.6) is 0 Å². The van der Waals surface area contributed by atoms with Crippen molar-refractivity contribution in [3.05, 3.63) is 78.8 Å². The summed E-state index contributed by atoms with van der Waals surface area (Å²) in [6.07, 6.45) is 5.20. The molecule has 3 aromatic rings. The molecule has 1 aromatic carbocycles. The fourth-order valence-electron chi connectivity index (χ4n) is 2.14. The lowest BCUT2D eigenvalue weighted by molar-refractivity contribution is 0.251. The first-order chi connectivity index (χ1) is 11.3. The molecule has 2 N–H and O–H groups in total. The molecular formula is C18H16N4O. The molecule has 23 heavy (non-hydrogen) atoms. The third-order valence-corrected chi connectivity index (χ3v) is 3.29. The fourth-order valence-corrected chi connectivity index (χ4v) is 2.14. The second-order valence-electron chi connectivity index (χ2n) is 4.96. The minimum Gasteiger partial charge on any atom is -0.334 e. The van der Waals surface area contributed by atoms with Gasteiger partial charge in [-0.3, -0.25) is 9.97 Å². The molecule has 114 valence electrons. The lowest BCUT2D eigenvalue weighted by Crippen LogP contribution is -2.28. The van der Waals surface area contributed by atoms with Gasteiger partial charge in [-0.25, -0.2) is 4.79 Å². The summed E-state index contributed by atoms with van der Waals surface area (Å²) in [5.41, 5.74) is 3.60. The topological polar surface area (TPSA) is 66.9 Å². The summed E-state index contributed by atoms with van der Waals surface area (Å²) in [6.45, 7) is 0.430. The van der Waals surface area contributed by atoms with E-state index in [-0.39, 0.29) is 6.03 Å². The van der Waals surface area contributed by atoms with E-state index in [0.717, 1.165) is 22.5 Å². The van der Waals surface area contributed by atoms with Crippen molar-refractivity contribution in [1.82, 2.24) is 15.3 Å². The third-order valence-electron chi connectivity index (χ3n) is 3.29. The van der Waals surface area contributed by atoms with E-state index in [1.165, 1.54) is 0 Å². The molecule has 0 unspecified atom stereocenters. The molecule has 5 heteroatoms. The molecule has 3 rings (SSSR count). The van der Waals surface area contributed by atoms with E-state index in [4.69, 9.17) is 0 Å². The van der Waals surface area contributed by atoms with Gasteiger partial charge in [0, 0.05) is 36.4 Å². The van der Waals surface area contributed by atoms with Crippen LogP contribution in [0.2, 0.25) is 0 Å². The molecule has 2 aromatic heterocycles. The van der Waals surface area contributed by atoms with Crippen LogP contribution in [0.25, 0.3) is 11.3 Å². The van der Waals surface area contributed by atoms with Gasteiger partial charge in [0.05, 0.1) is 5.69 Å². The van der Waals surface area contributed by atoms with Crippen molar-refractivity contribution in [2.45, 2.75) is 6.54 Å². The van der Waals surface area contributed by atoms with Gasteiger partial charge < -0.3 is 10.6 Å². The summed E-state index contributed by atoms with van der Waals surface area (Å²) in [6, 6.07) is 16.7. The van der Waals surface area contributed by atoms with Gasteiger partial charge in [-0.05, 0) is 42.0 Å². The number of urea groups is 1. The fraction of sp³-hybridized carbons (Fsp3) is 0.0556. The molecule has 0 aliphatic heterocycles. The van der Waals surface area contributed by atoms with Crippen LogP contribution >= 0.6 is 0 Å². The number of nitrogens with zero attached hydrogens (tertiary/aromatic N) is 2. The van der Waals surface area contributed by atoms with Crippen LogP contribution in [0, 0.1) is 0 Å². The zero-order valence-corrected chi connectivity index (χ0v) is 12.4. The van der Waals surface area contributed by atoms with E-state index in [1.54, 1.807) is 18.6 Å². The summed E-state index contributed by atoms with van der Waals surface area (Å²) in [7, 11) is 0. The van der Waals surface area contributed by atoms with E-state index < -0.39 is 0 Å². The standard InChI is InChI=1S/C18H16N4O/c23-18(22-16-4-2-1-3-5-16)21-13-14-6-11-20-17(12-14)15-7-9-19-10-8-15/h1-12H,13H2,(H2,21,22,23). The number of carbonyl (C=O) groups excluding carboxylic acids is 1. The van der Waals surface area contributed by atoms with Gasteiger partial charge in [-0.15, -0.1) is 0 Å². The number of rotatable bonds is 4. The smallest absolute Gasteiger partial charge is 0.319 e. The highest BCUT2D eigenvalue weighted by Crippen LogP contribution is 2.16. The Labute approximate surface area is 134 Å². The molecule has 0 aliphatic rings. The molecule has 0 atom stereocenters. The maximum atomic E-state index is 11.9. The number of benzene rings is 1. The third kappa shape index (κ3) is 4.14. The molecule has 2 amide bonds. The van der Waals surface area contributed by atoms with Gasteiger partial charge in [0.1, 0.15) is 0 Å². The van der Waals surface area contributed by atoms with E-state index in [2.05, 4.69) is 20.6 Å². The van der Waals surface area contributed by atoms with Crippen LogP contribution in [-0.4, -0.2) is 16.0 Å². The van der Waals surface area contributed by atoms with E-state index in [9.17, 15) is 4.79 Å². The Kier molecular flexibility index (Phi) is 4.59. The summed E-state index contributed by atoms with van der Waals surface area (Å²) < 4.78 is 0. The molecule has 0 radical (unpaired) electrons. The van der Waals surface area contributed by atoms with Crippen molar-refractivity contribution in [1.29, 1.82) is 0 Å². The van der Waals surface area contributed by atoms with Crippen LogP contribution < -0.4 is 10.6 Å². The first-order valence-corrected chi connectivity index (χ1v) is 7.26. The van der Waals surface area contributed by atoms with Crippen LogP contribution in [0.3, 0.4) is 0 Å². The summed E-state index contributed by atoms with van der Waals surface area (Å²) in [5.74, 6) is 0. The average Bonchev–Trinajstić information content (AvgIpc) is 2.62. The number of para-hydroxylation sites is 1. The Morgan fingerprint density at radius 1 is 0.957 bits per heavy atom. The second-order valence-corrected chi connectivity index (χ2v) is 4.96. The lowest BCUT2D eigenvalue weighted by Gasteiger charge is -2.08. The number of amides is 2. The van der Waals surface area contributed by atoms with E-state index in [1.807, 2.05) is 54.6 Å². The average molecular weight is 304 g/mol. The first-order valence-electron chi connectivity index (χ1n) is 7.26. The van der Waals surface area contributed by atoms with Gasteiger partial charge in [-0.2, -0.15) is 0 Å². The van der Waals surface area contributed by atoms with E-state index >= 15 is 0 Å². The normalized spacial score (nSPS) is 10.1. The van der Waals surface area contributed by atoms with Gasteiger partial charge in [0.25, 0.3) is 0 Å². The van der Waals surface area contributed by atoms with Crippen LogP contribution in [-0.2, 0) is 6.54 Å². The Hall–Kier alpha value is -3.21. The number of anilines is 1. The number of aromatic nitrogens is 2. The number of hydrogen-bond acceptors (Lipinski definition) is 3. The van der Waals surface area contributed by atoms with Gasteiger partial charge in [0.15, 0.2) is 0 Å². The Balaban J connectivity index is 1.61. The Morgan fingerprint density at radius 3 is 2.52 bits per heavy atom. The largest absolute Gasteiger partial charge is 0.334 e. The summed E-state index contributed by atoms with van der Waals surface area (Å²) in [5, 5.41) is 5.62.